The zero-order chi connectivity index (χ0) is 24.2. The number of benzene rings is 3. The van der Waals surface area contributed by atoms with Crippen molar-refractivity contribution in [3.05, 3.63) is 90.0 Å². The Morgan fingerprint density at radius 2 is 1.66 bits per heavy atom. The van der Waals surface area contributed by atoms with Gasteiger partial charge in [-0.1, -0.05) is 54.6 Å². The molecule has 2 aliphatic rings. The van der Waals surface area contributed by atoms with E-state index >= 15 is 0 Å². The number of thiocarbonyl (C=S) groups is 1. The minimum absolute atomic E-state index is 0.000254. The van der Waals surface area contributed by atoms with Gasteiger partial charge in [0.15, 0.2) is 16.6 Å². The largest absolute Gasteiger partial charge is 0.454 e. The number of amides is 2. The lowest BCUT2D eigenvalue weighted by Crippen LogP contribution is -2.37. The fourth-order valence-corrected chi connectivity index (χ4v) is 4.68. The fourth-order valence-electron chi connectivity index (χ4n) is 4.31. The number of carbonyl (C=O) groups is 2. The van der Waals surface area contributed by atoms with Crippen LogP contribution in [0.2, 0.25) is 0 Å². The van der Waals surface area contributed by atoms with Crippen molar-refractivity contribution in [1.82, 2.24) is 9.80 Å². The number of fused-ring (bicyclic) bond motifs is 1. The summed E-state index contributed by atoms with van der Waals surface area (Å²) < 4.78 is 10.9. The molecule has 3 aromatic rings. The van der Waals surface area contributed by atoms with Gasteiger partial charge in [0.1, 0.15) is 6.04 Å². The Bertz CT molecular complexity index is 1240. The van der Waals surface area contributed by atoms with Crippen LogP contribution in [0.3, 0.4) is 0 Å². The number of hydrogen-bond acceptors (Lipinski definition) is 5. The Labute approximate surface area is 209 Å². The van der Waals surface area contributed by atoms with Gasteiger partial charge in [0.25, 0.3) is 5.91 Å². The summed E-state index contributed by atoms with van der Waals surface area (Å²) in [6, 6.07) is 24.2. The van der Waals surface area contributed by atoms with E-state index in [1.165, 1.54) is 0 Å². The smallest absolute Gasteiger partial charge is 0.252 e. The van der Waals surface area contributed by atoms with Crippen LogP contribution in [0.25, 0.3) is 0 Å². The Morgan fingerprint density at radius 3 is 2.43 bits per heavy atom. The minimum Gasteiger partial charge on any atom is -0.454 e. The first-order valence-corrected chi connectivity index (χ1v) is 11.9. The molecule has 5 rings (SSSR count). The van der Waals surface area contributed by atoms with Crippen LogP contribution in [0, 0.1) is 0 Å². The predicted molar refractivity (Wildman–Crippen MR) is 136 cm³/mol. The molecule has 1 fully saturated rings. The lowest BCUT2D eigenvalue weighted by molar-refractivity contribution is -0.130. The van der Waals surface area contributed by atoms with Gasteiger partial charge < -0.3 is 19.7 Å². The van der Waals surface area contributed by atoms with Crippen molar-refractivity contribution in [2.45, 2.75) is 25.4 Å². The van der Waals surface area contributed by atoms with E-state index in [4.69, 9.17) is 21.7 Å². The van der Waals surface area contributed by atoms with Crippen LogP contribution in [0.5, 0.6) is 11.5 Å². The first-order chi connectivity index (χ1) is 17.1. The molecule has 0 spiro atoms. The molecular formula is C27H25N3O4S. The van der Waals surface area contributed by atoms with E-state index in [0.29, 0.717) is 41.8 Å². The molecular weight excluding hydrogens is 462 g/mol. The molecule has 1 atom stereocenters. The van der Waals surface area contributed by atoms with Crippen molar-refractivity contribution in [3.8, 4) is 11.5 Å². The molecule has 7 nitrogen and oxygen atoms in total. The van der Waals surface area contributed by atoms with Crippen LogP contribution in [-0.4, -0.2) is 46.1 Å². The number of anilines is 1. The molecule has 178 valence electrons. The van der Waals surface area contributed by atoms with Crippen molar-refractivity contribution >= 4 is 34.8 Å². The second-order valence-electron chi connectivity index (χ2n) is 8.46. The molecule has 0 bridgehead atoms. The second kappa shape index (κ2) is 10.1. The Hall–Kier alpha value is -3.91. The normalized spacial score (nSPS) is 16.6. The van der Waals surface area contributed by atoms with Gasteiger partial charge in [0.2, 0.25) is 12.7 Å². The first kappa shape index (κ1) is 22.9. The molecule has 2 heterocycles. The van der Waals surface area contributed by atoms with Gasteiger partial charge in [-0.15, -0.1) is 0 Å². The van der Waals surface area contributed by atoms with Crippen LogP contribution in [0.15, 0.2) is 78.9 Å². The van der Waals surface area contributed by atoms with Gasteiger partial charge in [-0.25, -0.2) is 0 Å². The molecule has 0 aliphatic carbocycles. The van der Waals surface area contributed by atoms with E-state index < -0.39 is 6.04 Å². The summed E-state index contributed by atoms with van der Waals surface area (Å²) in [5.74, 6) is 0.961. The van der Waals surface area contributed by atoms with Gasteiger partial charge in [0.05, 0.1) is 6.42 Å². The maximum Gasteiger partial charge on any atom is 0.252 e. The van der Waals surface area contributed by atoms with Gasteiger partial charge in [-0.3, -0.25) is 14.5 Å². The van der Waals surface area contributed by atoms with E-state index in [2.05, 4.69) is 5.32 Å². The summed E-state index contributed by atoms with van der Waals surface area (Å²) in [6.07, 6.45) is 0.674. The maximum absolute atomic E-state index is 13.5. The summed E-state index contributed by atoms with van der Waals surface area (Å²) >= 11 is 5.76. The number of para-hydroxylation sites is 1. The third kappa shape index (κ3) is 5.12. The van der Waals surface area contributed by atoms with Gasteiger partial charge in [-0.05, 0) is 54.0 Å². The highest BCUT2D eigenvalue weighted by Crippen LogP contribution is 2.34. The molecule has 35 heavy (non-hydrogen) atoms. The molecule has 3 aromatic carbocycles. The summed E-state index contributed by atoms with van der Waals surface area (Å²) in [7, 11) is 0. The van der Waals surface area contributed by atoms with Crippen LogP contribution in [0.4, 0.5) is 5.69 Å². The number of carbonyl (C=O) groups excluding carboxylic acids is 2. The molecule has 0 aromatic heterocycles. The lowest BCUT2D eigenvalue weighted by Gasteiger charge is -2.24. The molecule has 0 saturated carbocycles. The highest BCUT2D eigenvalue weighted by Gasteiger charge is 2.43. The zero-order valence-electron chi connectivity index (χ0n) is 19.1. The van der Waals surface area contributed by atoms with Crippen molar-refractivity contribution in [2.75, 3.05) is 18.7 Å². The zero-order valence-corrected chi connectivity index (χ0v) is 19.9. The van der Waals surface area contributed by atoms with Crippen molar-refractivity contribution in [3.63, 3.8) is 0 Å². The maximum atomic E-state index is 13.5. The third-order valence-corrected chi connectivity index (χ3v) is 6.55. The van der Waals surface area contributed by atoms with Crippen LogP contribution >= 0.6 is 12.2 Å². The van der Waals surface area contributed by atoms with E-state index in [1.807, 2.05) is 83.8 Å². The molecule has 1 N–H and O–H groups in total. The van der Waals surface area contributed by atoms with Crippen molar-refractivity contribution in [2.24, 2.45) is 0 Å². The number of ether oxygens (including phenoxy) is 2. The van der Waals surface area contributed by atoms with Gasteiger partial charge in [-0.2, -0.15) is 0 Å². The fraction of sp³-hybridized carbons (Fsp3) is 0.222. The lowest BCUT2D eigenvalue weighted by atomic mass is 10.1. The van der Waals surface area contributed by atoms with Gasteiger partial charge >= 0.3 is 0 Å². The van der Waals surface area contributed by atoms with Crippen molar-refractivity contribution in [1.29, 1.82) is 0 Å². The summed E-state index contributed by atoms with van der Waals surface area (Å²) in [5.41, 5.74) is 2.73. The molecule has 8 heteroatoms. The summed E-state index contributed by atoms with van der Waals surface area (Å²) in [6.45, 7) is 1.03. The van der Waals surface area contributed by atoms with Crippen LogP contribution < -0.4 is 14.8 Å². The van der Waals surface area contributed by atoms with Crippen LogP contribution in [0.1, 0.15) is 17.5 Å². The Balaban J connectivity index is 1.35. The topological polar surface area (TPSA) is 71.1 Å². The predicted octanol–water partition coefficient (Wildman–Crippen LogP) is 3.98. The van der Waals surface area contributed by atoms with E-state index in [0.717, 1.165) is 11.1 Å². The van der Waals surface area contributed by atoms with E-state index in [9.17, 15) is 9.59 Å². The molecule has 1 saturated heterocycles. The van der Waals surface area contributed by atoms with E-state index in [-0.39, 0.29) is 25.0 Å². The first-order valence-electron chi connectivity index (χ1n) is 11.5. The highest BCUT2D eigenvalue weighted by molar-refractivity contribution is 7.80. The quantitative estimate of drug-likeness (QED) is 0.485. The number of rotatable bonds is 8. The number of nitrogens with one attached hydrogen (secondary N) is 1. The summed E-state index contributed by atoms with van der Waals surface area (Å²) in [5, 5.41) is 3.31. The SMILES string of the molecule is O=C(CC1C(=O)N(CCc2ccccc2)C(=S)N1Cc1ccc2c(c1)OCO2)Nc1ccccc1. The standard InChI is InChI=1S/C27H25N3O4S/c31-25(28-21-9-5-2-6-10-21)16-22-26(32)29(14-13-19-7-3-1-4-8-19)27(35)30(22)17-20-11-12-23-24(15-20)34-18-33-23/h1-12,15,22H,13-14,16-18H2,(H,28,31). The number of hydrogen-bond donors (Lipinski definition) is 1. The monoisotopic (exact) mass is 487 g/mol. The van der Waals surface area contributed by atoms with E-state index in [1.54, 1.807) is 4.90 Å². The van der Waals surface area contributed by atoms with Crippen molar-refractivity contribution < 1.29 is 19.1 Å². The Morgan fingerprint density at radius 1 is 0.943 bits per heavy atom. The average Bonchev–Trinajstić information content (AvgIpc) is 3.42. The van der Waals surface area contributed by atoms with Gasteiger partial charge in [0, 0.05) is 18.8 Å². The Kier molecular flexibility index (Phi) is 6.63. The molecule has 2 aliphatic heterocycles. The summed E-state index contributed by atoms with van der Waals surface area (Å²) in [4.78, 5) is 29.8. The molecule has 1 unspecified atom stereocenters. The van der Waals surface area contributed by atoms with Crippen LogP contribution in [-0.2, 0) is 22.6 Å². The molecule has 0 radical (unpaired) electrons. The third-order valence-electron chi connectivity index (χ3n) is 6.10. The average molecular weight is 488 g/mol. The second-order valence-corrected chi connectivity index (χ2v) is 8.82. The molecule has 2 amide bonds. The minimum atomic E-state index is -0.688. The number of nitrogens with zero attached hydrogens (tertiary/aromatic N) is 2. The highest BCUT2D eigenvalue weighted by atomic mass is 32.1.